The smallest absolute Gasteiger partial charge is 0.127 e. The molecule has 1 unspecified atom stereocenters. The lowest BCUT2D eigenvalue weighted by atomic mass is 10.1. The fraction of sp³-hybridized carbons (Fsp3) is 0.600. The van der Waals surface area contributed by atoms with Crippen molar-refractivity contribution in [3.8, 4) is 11.5 Å². The monoisotopic (exact) mass is 251 g/mol. The van der Waals surface area contributed by atoms with Crippen molar-refractivity contribution in [2.45, 2.75) is 33.2 Å². The second kappa shape index (κ2) is 7.27. The second-order valence-corrected chi connectivity index (χ2v) is 4.97. The molecule has 0 bridgehead atoms. The van der Waals surface area contributed by atoms with Crippen molar-refractivity contribution in [2.24, 2.45) is 5.92 Å². The summed E-state index contributed by atoms with van der Waals surface area (Å²) in [4.78, 5) is 0. The maximum absolute atomic E-state index is 5.42. The zero-order chi connectivity index (χ0) is 13.5. The van der Waals surface area contributed by atoms with Gasteiger partial charge in [-0.2, -0.15) is 0 Å². The number of rotatable bonds is 7. The minimum atomic E-state index is 0.282. The van der Waals surface area contributed by atoms with Gasteiger partial charge >= 0.3 is 0 Å². The Hall–Kier alpha value is -1.22. The van der Waals surface area contributed by atoms with E-state index < -0.39 is 0 Å². The molecule has 0 aliphatic rings. The summed E-state index contributed by atoms with van der Waals surface area (Å²) in [6, 6.07) is 6.24. The fourth-order valence-electron chi connectivity index (χ4n) is 1.87. The van der Waals surface area contributed by atoms with Gasteiger partial charge in [-0.05, 0) is 31.9 Å². The van der Waals surface area contributed by atoms with E-state index >= 15 is 0 Å². The summed E-state index contributed by atoms with van der Waals surface area (Å²) in [6.45, 7) is 7.65. The fourth-order valence-corrected chi connectivity index (χ4v) is 1.87. The molecule has 0 aromatic heterocycles. The molecule has 0 saturated heterocycles. The van der Waals surface area contributed by atoms with Crippen molar-refractivity contribution < 1.29 is 9.47 Å². The van der Waals surface area contributed by atoms with Gasteiger partial charge < -0.3 is 14.8 Å². The summed E-state index contributed by atoms with van der Waals surface area (Å²) < 4.78 is 10.6. The molecule has 0 amide bonds. The average Bonchev–Trinajstić information content (AvgIpc) is 2.37. The third-order valence-corrected chi connectivity index (χ3v) is 3.08. The number of hydrogen-bond donors (Lipinski definition) is 1. The molecule has 0 radical (unpaired) electrons. The van der Waals surface area contributed by atoms with E-state index in [1.807, 2.05) is 12.1 Å². The van der Waals surface area contributed by atoms with Crippen molar-refractivity contribution in [2.75, 3.05) is 20.8 Å². The van der Waals surface area contributed by atoms with Crippen LogP contribution >= 0.6 is 0 Å². The van der Waals surface area contributed by atoms with Gasteiger partial charge in [-0.1, -0.05) is 19.9 Å². The molecule has 1 aromatic rings. The third-order valence-electron chi connectivity index (χ3n) is 3.08. The summed E-state index contributed by atoms with van der Waals surface area (Å²) in [6.07, 6.45) is 1.18. The molecule has 0 heterocycles. The number of ether oxygens (including phenoxy) is 2. The van der Waals surface area contributed by atoms with Crippen LogP contribution in [0.25, 0.3) is 0 Å². The van der Waals surface area contributed by atoms with E-state index in [9.17, 15) is 0 Å². The first kappa shape index (κ1) is 14.8. The molecule has 102 valence electrons. The Balaban J connectivity index is 2.69. The second-order valence-electron chi connectivity index (χ2n) is 4.97. The third kappa shape index (κ3) is 4.22. The highest BCUT2D eigenvalue weighted by atomic mass is 16.5. The Labute approximate surface area is 110 Å². The lowest BCUT2D eigenvalue weighted by Gasteiger charge is -2.18. The normalized spacial score (nSPS) is 12.6. The average molecular weight is 251 g/mol. The molecule has 0 aliphatic carbocycles. The van der Waals surface area contributed by atoms with Gasteiger partial charge in [-0.3, -0.25) is 0 Å². The lowest BCUT2D eigenvalue weighted by molar-refractivity contribution is 0.385. The van der Waals surface area contributed by atoms with Crippen LogP contribution in [0.2, 0.25) is 0 Å². The van der Waals surface area contributed by atoms with Crippen LogP contribution in [-0.4, -0.2) is 20.8 Å². The minimum Gasteiger partial charge on any atom is -0.497 e. The minimum absolute atomic E-state index is 0.282. The van der Waals surface area contributed by atoms with Crippen LogP contribution in [0.15, 0.2) is 18.2 Å². The van der Waals surface area contributed by atoms with Crippen molar-refractivity contribution in [1.82, 2.24) is 5.32 Å². The molecule has 1 N–H and O–H groups in total. The van der Waals surface area contributed by atoms with Gasteiger partial charge in [0.15, 0.2) is 0 Å². The van der Waals surface area contributed by atoms with Crippen LogP contribution in [0.4, 0.5) is 0 Å². The summed E-state index contributed by atoms with van der Waals surface area (Å²) >= 11 is 0. The maximum atomic E-state index is 5.42. The highest BCUT2D eigenvalue weighted by Crippen LogP contribution is 2.29. The predicted octanol–water partition coefficient (Wildman–Crippen LogP) is 3.40. The molecule has 3 heteroatoms. The predicted molar refractivity (Wildman–Crippen MR) is 75.4 cm³/mol. The highest BCUT2D eigenvalue weighted by Gasteiger charge is 2.11. The number of methoxy groups -OCH3 is 2. The van der Waals surface area contributed by atoms with E-state index in [0.717, 1.165) is 24.0 Å². The zero-order valence-corrected chi connectivity index (χ0v) is 12.1. The topological polar surface area (TPSA) is 30.5 Å². The van der Waals surface area contributed by atoms with Gasteiger partial charge in [0.05, 0.1) is 14.2 Å². The van der Waals surface area contributed by atoms with E-state index in [2.05, 4.69) is 32.2 Å². The van der Waals surface area contributed by atoms with Crippen molar-refractivity contribution >= 4 is 0 Å². The van der Waals surface area contributed by atoms with Crippen LogP contribution in [0, 0.1) is 5.92 Å². The standard InChI is InChI=1S/C15H25NO2/c1-11(2)8-9-16-12(3)14-7-6-13(17-4)10-15(14)18-5/h6-7,10-12,16H,8-9H2,1-5H3. The van der Waals surface area contributed by atoms with Crippen molar-refractivity contribution in [3.05, 3.63) is 23.8 Å². The summed E-state index contributed by atoms with van der Waals surface area (Å²) in [7, 11) is 3.36. The molecule has 1 aromatic carbocycles. The quantitative estimate of drug-likeness (QED) is 0.805. The Bertz CT molecular complexity index is 364. The Morgan fingerprint density at radius 1 is 1.11 bits per heavy atom. The molecule has 1 atom stereocenters. The number of nitrogens with one attached hydrogen (secondary N) is 1. The molecule has 3 nitrogen and oxygen atoms in total. The highest BCUT2D eigenvalue weighted by molar-refractivity contribution is 5.42. The first-order valence-electron chi connectivity index (χ1n) is 6.53. The Morgan fingerprint density at radius 2 is 1.83 bits per heavy atom. The number of hydrogen-bond acceptors (Lipinski definition) is 3. The van der Waals surface area contributed by atoms with Gasteiger partial charge in [0.2, 0.25) is 0 Å². The van der Waals surface area contributed by atoms with Crippen molar-refractivity contribution in [1.29, 1.82) is 0 Å². The maximum Gasteiger partial charge on any atom is 0.127 e. The van der Waals surface area contributed by atoms with Gasteiger partial charge in [0.25, 0.3) is 0 Å². The van der Waals surface area contributed by atoms with Gasteiger partial charge in [0, 0.05) is 17.7 Å². The lowest BCUT2D eigenvalue weighted by Crippen LogP contribution is -2.21. The molecule has 0 spiro atoms. The summed E-state index contributed by atoms with van der Waals surface area (Å²) in [5.74, 6) is 2.42. The molecule has 0 saturated carbocycles. The van der Waals surface area contributed by atoms with E-state index in [-0.39, 0.29) is 6.04 Å². The van der Waals surface area contributed by atoms with Gasteiger partial charge in [0.1, 0.15) is 11.5 Å². The van der Waals surface area contributed by atoms with E-state index in [1.165, 1.54) is 12.0 Å². The molecular formula is C15H25NO2. The summed E-state index contributed by atoms with van der Waals surface area (Å²) in [5.41, 5.74) is 1.17. The molecule has 0 aliphatic heterocycles. The van der Waals surface area contributed by atoms with Crippen LogP contribution in [-0.2, 0) is 0 Å². The first-order valence-corrected chi connectivity index (χ1v) is 6.53. The van der Waals surface area contributed by atoms with E-state index in [4.69, 9.17) is 9.47 Å². The Morgan fingerprint density at radius 3 is 2.39 bits per heavy atom. The molecule has 18 heavy (non-hydrogen) atoms. The first-order chi connectivity index (χ1) is 8.58. The molecule has 0 fully saturated rings. The van der Waals surface area contributed by atoms with Crippen LogP contribution in [0.3, 0.4) is 0 Å². The zero-order valence-electron chi connectivity index (χ0n) is 12.1. The number of benzene rings is 1. The van der Waals surface area contributed by atoms with E-state index in [1.54, 1.807) is 14.2 Å². The molecule has 1 rings (SSSR count). The molecular weight excluding hydrogens is 226 g/mol. The van der Waals surface area contributed by atoms with Crippen molar-refractivity contribution in [3.63, 3.8) is 0 Å². The van der Waals surface area contributed by atoms with Crippen LogP contribution in [0.1, 0.15) is 38.8 Å². The Kier molecular flexibility index (Phi) is 5.99. The van der Waals surface area contributed by atoms with Gasteiger partial charge in [-0.25, -0.2) is 0 Å². The van der Waals surface area contributed by atoms with Gasteiger partial charge in [-0.15, -0.1) is 0 Å². The van der Waals surface area contributed by atoms with Crippen LogP contribution < -0.4 is 14.8 Å². The van der Waals surface area contributed by atoms with E-state index in [0.29, 0.717) is 0 Å². The SMILES string of the molecule is COc1ccc(C(C)NCCC(C)C)c(OC)c1. The summed E-state index contributed by atoms with van der Waals surface area (Å²) in [5, 5.41) is 3.52. The van der Waals surface area contributed by atoms with Crippen LogP contribution in [0.5, 0.6) is 11.5 Å². The largest absolute Gasteiger partial charge is 0.497 e.